The summed E-state index contributed by atoms with van der Waals surface area (Å²) in [6, 6.07) is 6.15. The van der Waals surface area contributed by atoms with Gasteiger partial charge >= 0.3 is 0 Å². The Labute approximate surface area is 167 Å². The Hall–Kier alpha value is -2.05. The lowest BCUT2D eigenvalue weighted by Gasteiger charge is -2.15. The minimum atomic E-state index is 0.698. The molecule has 2 aliphatic rings. The molecule has 1 N–H and O–H groups in total. The van der Waals surface area contributed by atoms with Crippen LogP contribution in [0.1, 0.15) is 31.7 Å². The molecule has 0 radical (unpaired) electrons. The van der Waals surface area contributed by atoms with Crippen LogP contribution < -0.4 is 14.8 Å². The van der Waals surface area contributed by atoms with Gasteiger partial charge in [-0.2, -0.15) is 5.10 Å². The van der Waals surface area contributed by atoms with Crippen LogP contribution in [-0.4, -0.2) is 54.1 Å². The van der Waals surface area contributed by atoms with Crippen molar-refractivity contribution >= 4 is 0 Å². The van der Waals surface area contributed by atoms with Crippen molar-refractivity contribution in [3.8, 4) is 22.8 Å². The minimum Gasteiger partial charge on any atom is -0.490 e. The number of nitrogens with zero attached hydrogens (tertiary/aromatic N) is 3. The van der Waals surface area contributed by atoms with E-state index in [0.29, 0.717) is 13.2 Å². The van der Waals surface area contributed by atoms with E-state index in [1.807, 2.05) is 17.8 Å². The highest BCUT2D eigenvalue weighted by molar-refractivity contribution is 5.66. The molecule has 1 fully saturated rings. The van der Waals surface area contributed by atoms with E-state index in [1.165, 1.54) is 38.0 Å². The molecule has 1 atom stereocenters. The summed E-state index contributed by atoms with van der Waals surface area (Å²) < 4.78 is 13.5. The zero-order valence-corrected chi connectivity index (χ0v) is 17.1. The Bertz CT molecular complexity index is 789. The second kappa shape index (κ2) is 8.97. The van der Waals surface area contributed by atoms with Crippen LogP contribution in [0, 0.1) is 5.92 Å². The predicted molar refractivity (Wildman–Crippen MR) is 111 cm³/mol. The number of likely N-dealkylation sites (tertiary alicyclic amines) is 1. The van der Waals surface area contributed by atoms with Gasteiger partial charge in [0.25, 0.3) is 0 Å². The molecule has 2 aromatic rings. The summed E-state index contributed by atoms with van der Waals surface area (Å²) in [6.07, 6.45) is 5.58. The van der Waals surface area contributed by atoms with E-state index in [1.54, 1.807) is 0 Å². The molecule has 4 rings (SSSR count). The molecule has 0 bridgehead atoms. The first kappa shape index (κ1) is 19.3. The van der Waals surface area contributed by atoms with Crippen molar-refractivity contribution in [3.05, 3.63) is 30.0 Å². The van der Waals surface area contributed by atoms with Crippen molar-refractivity contribution in [1.29, 1.82) is 0 Å². The van der Waals surface area contributed by atoms with Crippen LogP contribution in [0.4, 0.5) is 0 Å². The lowest BCUT2D eigenvalue weighted by molar-refractivity contribution is 0.297. The van der Waals surface area contributed by atoms with E-state index in [4.69, 9.17) is 14.6 Å². The van der Waals surface area contributed by atoms with Gasteiger partial charge in [0.05, 0.1) is 18.9 Å². The summed E-state index contributed by atoms with van der Waals surface area (Å²) in [7, 11) is 1.98. The van der Waals surface area contributed by atoms with Gasteiger partial charge in [-0.25, -0.2) is 0 Å². The van der Waals surface area contributed by atoms with Gasteiger partial charge in [-0.05, 0) is 56.6 Å². The number of rotatable bonds is 7. The van der Waals surface area contributed by atoms with Crippen molar-refractivity contribution in [3.63, 3.8) is 0 Å². The first-order chi connectivity index (χ1) is 13.7. The number of fused-ring (bicyclic) bond motifs is 1. The fraction of sp³-hybridized carbons (Fsp3) is 0.591. The van der Waals surface area contributed by atoms with Gasteiger partial charge < -0.3 is 19.7 Å². The summed E-state index contributed by atoms with van der Waals surface area (Å²) >= 11 is 0. The van der Waals surface area contributed by atoms with Crippen LogP contribution in [-0.2, 0) is 13.6 Å². The molecule has 6 nitrogen and oxygen atoms in total. The van der Waals surface area contributed by atoms with Crippen molar-refractivity contribution < 1.29 is 9.47 Å². The van der Waals surface area contributed by atoms with Gasteiger partial charge in [-0.1, -0.05) is 6.92 Å². The lowest BCUT2D eigenvalue weighted by Crippen LogP contribution is -2.26. The molecular weight excluding hydrogens is 352 g/mol. The summed E-state index contributed by atoms with van der Waals surface area (Å²) in [5.74, 6) is 2.40. The Morgan fingerprint density at radius 3 is 2.93 bits per heavy atom. The smallest absolute Gasteiger partial charge is 0.161 e. The van der Waals surface area contributed by atoms with E-state index >= 15 is 0 Å². The number of hydrogen-bond donors (Lipinski definition) is 1. The van der Waals surface area contributed by atoms with Crippen LogP contribution in [0.5, 0.6) is 11.5 Å². The molecule has 1 aromatic heterocycles. The molecule has 0 aliphatic carbocycles. The molecule has 0 amide bonds. The third-order valence-corrected chi connectivity index (χ3v) is 5.58. The van der Waals surface area contributed by atoms with E-state index in [0.717, 1.165) is 48.2 Å². The lowest BCUT2D eigenvalue weighted by atomic mass is 10.1. The Balaban J connectivity index is 1.41. The van der Waals surface area contributed by atoms with E-state index in [2.05, 4.69) is 35.5 Å². The number of benzene rings is 1. The van der Waals surface area contributed by atoms with Crippen molar-refractivity contribution in [2.75, 3.05) is 39.4 Å². The van der Waals surface area contributed by atoms with E-state index in [-0.39, 0.29) is 0 Å². The highest BCUT2D eigenvalue weighted by atomic mass is 16.5. The average molecular weight is 385 g/mol. The second-order valence-corrected chi connectivity index (χ2v) is 7.97. The number of aryl methyl sites for hydroxylation is 1. The van der Waals surface area contributed by atoms with Gasteiger partial charge in [0, 0.05) is 43.9 Å². The summed E-state index contributed by atoms with van der Waals surface area (Å²) in [4.78, 5) is 2.58. The zero-order chi connectivity index (χ0) is 19.3. The van der Waals surface area contributed by atoms with Gasteiger partial charge in [0.1, 0.15) is 0 Å². The highest BCUT2D eigenvalue weighted by Crippen LogP contribution is 2.34. The number of hydrogen-bond acceptors (Lipinski definition) is 5. The maximum absolute atomic E-state index is 5.86. The normalized spacial score (nSPS) is 19.7. The fourth-order valence-electron chi connectivity index (χ4n) is 4.23. The maximum Gasteiger partial charge on any atom is 0.161 e. The summed E-state index contributed by atoms with van der Waals surface area (Å²) in [6.45, 7) is 9.27. The number of nitrogens with one attached hydrogen (secondary N) is 1. The monoisotopic (exact) mass is 384 g/mol. The predicted octanol–water partition coefficient (Wildman–Crippen LogP) is 3.07. The first-order valence-electron chi connectivity index (χ1n) is 10.6. The maximum atomic E-state index is 5.86. The van der Waals surface area contributed by atoms with Crippen LogP contribution in [0.3, 0.4) is 0 Å². The molecule has 152 valence electrons. The van der Waals surface area contributed by atoms with Crippen LogP contribution >= 0.6 is 0 Å². The zero-order valence-electron chi connectivity index (χ0n) is 17.1. The molecular formula is C22H32N4O2. The van der Waals surface area contributed by atoms with Gasteiger partial charge in [-0.3, -0.25) is 4.68 Å². The Morgan fingerprint density at radius 2 is 2.07 bits per heavy atom. The molecule has 0 spiro atoms. The van der Waals surface area contributed by atoms with Gasteiger partial charge in [0.2, 0.25) is 0 Å². The van der Waals surface area contributed by atoms with Gasteiger partial charge in [0.15, 0.2) is 11.5 Å². The summed E-state index contributed by atoms with van der Waals surface area (Å²) in [5, 5.41) is 8.38. The van der Waals surface area contributed by atoms with Crippen LogP contribution in [0.15, 0.2) is 24.4 Å². The molecule has 28 heavy (non-hydrogen) atoms. The SMILES string of the molecule is CCCN1CCC(CNCc2cn(C)nc2-c2ccc3c(c2)OCCCO3)C1. The average Bonchev–Trinajstić information content (AvgIpc) is 3.20. The third kappa shape index (κ3) is 4.50. The molecule has 3 heterocycles. The minimum absolute atomic E-state index is 0.698. The van der Waals surface area contributed by atoms with Crippen molar-refractivity contribution in [1.82, 2.24) is 20.0 Å². The Kier molecular flexibility index (Phi) is 6.17. The molecule has 1 saturated heterocycles. The largest absolute Gasteiger partial charge is 0.490 e. The standard InChI is InChI=1S/C22H32N4O2/c1-3-8-26-9-7-17(15-26)13-23-14-19-16-25(2)24-22(19)18-5-6-20-21(12-18)28-11-4-10-27-20/h5-6,12,16-17,23H,3-4,7-11,13-15H2,1-2H3. The first-order valence-corrected chi connectivity index (χ1v) is 10.6. The fourth-order valence-corrected chi connectivity index (χ4v) is 4.23. The van der Waals surface area contributed by atoms with E-state index in [9.17, 15) is 0 Å². The topological polar surface area (TPSA) is 51.6 Å². The highest BCUT2D eigenvalue weighted by Gasteiger charge is 2.21. The van der Waals surface area contributed by atoms with Crippen LogP contribution in [0.25, 0.3) is 11.3 Å². The summed E-state index contributed by atoms with van der Waals surface area (Å²) in [5.41, 5.74) is 3.32. The second-order valence-electron chi connectivity index (χ2n) is 7.97. The molecule has 1 unspecified atom stereocenters. The third-order valence-electron chi connectivity index (χ3n) is 5.58. The quantitative estimate of drug-likeness (QED) is 0.795. The van der Waals surface area contributed by atoms with E-state index < -0.39 is 0 Å². The van der Waals surface area contributed by atoms with Crippen molar-refractivity contribution in [2.45, 2.75) is 32.7 Å². The molecule has 2 aliphatic heterocycles. The molecule has 0 saturated carbocycles. The van der Waals surface area contributed by atoms with Crippen molar-refractivity contribution in [2.24, 2.45) is 13.0 Å². The molecule has 1 aromatic carbocycles. The Morgan fingerprint density at radius 1 is 1.21 bits per heavy atom. The van der Waals surface area contributed by atoms with Gasteiger partial charge in [-0.15, -0.1) is 0 Å². The van der Waals surface area contributed by atoms with Crippen LogP contribution in [0.2, 0.25) is 0 Å². The number of aromatic nitrogens is 2. The molecule has 6 heteroatoms. The number of ether oxygens (including phenoxy) is 2.